The second-order valence-corrected chi connectivity index (χ2v) is 9.09. The molecule has 0 saturated carbocycles. The van der Waals surface area contributed by atoms with Crippen molar-refractivity contribution in [2.75, 3.05) is 11.1 Å². The van der Waals surface area contributed by atoms with Crippen molar-refractivity contribution in [1.82, 2.24) is 20.1 Å². The number of rotatable bonds is 8. The number of thioether (sulfide) groups is 1. The summed E-state index contributed by atoms with van der Waals surface area (Å²) in [5, 5.41) is 15.3. The van der Waals surface area contributed by atoms with E-state index in [0.717, 1.165) is 5.69 Å². The zero-order valence-corrected chi connectivity index (χ0v) is 20.0. The van der Waals surface area contributed by atoms with Crippen LogP contribution in [0.1, 0.15) is 54.5 Å². The maximum absolute atomic E-state index is 12.4. The normalized spacial score (nSPS) is 11.9. The van der Waals surface area contributed by atoms with Gasteiger partial charge in [-0.25, -0.2) is 0 Å². The molecule has 7 nitrogen and oxygen atoms in total. The van der Waals surface area contributed by atoms with Gasteiger partial charge in [-0.2, -0.15) is 0 Å². The van der Waals surface area contributed by atoms with E-state index in [4.69, 9.17) is 11.6 Å². The number of hydrogen-bond donors (Lipinski definition) is 2. The van der Waals surface area contributed by atoms with Crippen LogP contribution >= 0.6 is 23.4 Å². The van der Waals surface area contributed by atoms with Crippen molar-refractivity contribution in [3.63, 3.8) is 0 Å². The molecule has 0 aliphatic rings. The highest BCUT2D eigenvalue weighted by Gasteiger charge is 2.19. The summed E-state index contributed by atoms with van der Waals surface area (Å²) in [6, 6.07) is 14.1. The third kappa shape index (κ3) is 6.11. The Morgan fingerprint density at radius 3 is 2.31 bits per heavy atom. The Balaban J connectivity index is 1.55. The van der Waals surface area contributed by atoms with Crippen molar-refractivity contribution >= 4 is 40.9 Å². The summed E-state index contributed by atoms with van der Waals surface area (Å²) in [5.41, 5.74) is 2.49. The Hall–Kier alpha value is -2.84. The van der Waals surface area contributed by atoms with Crippen LogP contribution in [0.15, 0.2) is 53.7 Å². The van der Waals surface area contributed by atoms with Crippen LogP contribution in [0.4, 0.5) is 5.69 Å². The van der Waals surface area contributed by atoms with Crippen LogP contribution < -0.4 is 10.6 Å². The third-order valence-corrected chi connectivity index (χ3v) is 6.18. The summed E-state index contributed by atoms with van der Waals surface area (Å²) in [5.74, 6) is 0.886. The smallest absolute Gasteiger partial charge is 0.251 e. The van der Waals surface area contributed by atoms with Crippen molar-refractivity contribution < 1.29 is 9.59 Å². The molecule has 0 spiro atoms. The first kappa shape index (κ1) is 23.8. The van der Waals surface area contributed by atoms with Gasteiger partial charge in [-0.05, 0) is 54.8 Å². The molecule has 9 heteroatoms. The van der Waals surface area contributed by atoms with Gasteiger partial charge in [0.25, 0.3) is 5.91 Å². The molecular formula is C23H26ClN5O2S. The minimum Gasteiger partial charge on any atom is -0.342 e. The van der Waals surface area contributed by atoms with Crippen LogP contribution in [-0.2, 0) is 11.8 Å². The maximum Gasteiger partial charge on any atom is 0.251 e. The molecule has 0 aliphatic heterocycles. The molecule has 0 bridgehead atoms. The van der Waals surface area contributed by atoms with Gasteiger partial charge in [0.2, 0.25) is 5.91 Å². The quantitative estimate of drug-likeness (QED) is 0.460. The van der Waals surface area contributed by atoms with Crippen LogP contribution in [0.3, 0.4) is 0 Å². The molecule has 168 valence electrons. The fourth-order valence-corrected chi connectivity index (χ4v) is 3.90. The molecule has 0 unspecified atom stereocenters. The average Bonchev–Trinajstić information content (AvgIpc) is 3.13. The summed E-state index contributed by atoms with van der Waals surface area (Å²) < 4.78 is 1.78. The Morgan fingerprint density at radius 1 is 1.03 bits per heavy atom. The van der Waals surface area contributed by atoms with Gasteiger partial charge in [-0.1, -0.05) is 49.3 Å². The second kappa shape index (κ2) is 10.7. The molecule has 0 fully saturated rings. The molecule has 2 aromatic carbocycles. The molecule has 0 aliphatic carbocycles. The predicted molar refractivity (Wildman–Crippen MR) is 128 cm³/mol. The van der Waals surface area contributed by atoms with Crippen LogP contribution in [-0.4, -0.2) is 32.3 Å². The lowest BCUT2D eigenvalue weighted by Gasteiger charge is -2.13. The highest BCUT2D eigenvalue weighted by Crippen LogP contribution is 2.21. The van der Waals surface area contributed by atoms with Crippen molar-refractivity contribution in [3.05, 3.63) is 70.5 Å². The highest BCUT2D eigenvalue weighted by atomic mass is 35.5. The number of amides is 2. The Bertz CT molecular complexity index is 1080. The molecule has 1 aromatic heterocycles. The summed E-state index contributed by atoms with van der Waals surface area (Å²) >= 11 is 7.16. The van der Waals surface area contributed by atoms with E-state index < -0.39 is 0 Å². The number of anilines is 1. The number of carbonyl (C=O) groups is 2. The van der Waals surface area contributed by atoms with Gasteiger partial charge in [0, 0.05) is 23.3 Å². The van der Waals surface area contributed by atoms with Gasteiger partial charge in [0.05, 0.1) is 11.8 Å². The van der Waals surface area contributed by atoms with Crippen molar-refractivity contribution in [2.24, 2.45) is 7.05 Å². The maximum atomic E-state index is 12.4. The van der Waals surface area contributed by atoms with Crippen LogP contribution in [0, 0.1) is 0 Å². The summed E-state index contributed by atoms with van der Waals surface area (Å²) in [6.45, 7) is 6.09. The number of benzene rings is 2. The van der Waals surface area contributed by atoms with Gasteiger partial charge >= 0.3 is 0 Å². The van der Waals surface area contributed by atoms with E-state index in [1.807, 2.05) is 38.2 Å². The molecule has 0 saturated heterocycles. The molecule has 0 radical (unpaired) electrons. The van der Waals surface area contributed by atoms with E-state index in [-0.39, 0.29) is 23.6 Å². The third-order valence-electron chi connectivity index (χ3n) is 4.90. The van der Waals surface area contributed by atoms with Gasteiger partial charge in [0.15, 0.2) is 11.0 Å². The molecule has 32 heavy (non-hydrogen) atoms. The SMILES string of the molecule is CC(C)c1ccc(NC(=O)CSc2nnc([C@@H](C)NC(=O)c3ccc(Cl)cc3)n2C)cc1. The number of nitrogens with one attached hydrogen (secondary N) is 2. The highest BCUT2D eigenvalue weighted by molar-refractivity contribution is 7.99. The minimum absolute atomic E-state index is 0.124. The predicted octanol–water partition coefficient (Wildman–Crippen LogP) is 4.81. The Morgan fingerprint density at radius 2 is 1.69 bits per heavy atom. The summed E-state index contributed by atoms with van der Waals surface area (Å²) in [7, 11) is 1.81. The largest absolute Gasteiger partial charge is 0.342 e. The van der Waals surface area contributed by atoms with Gasteiger partial charge < -0.3 is 15.2 Å². The Kier molecular flexibility index (Phi) is 7.93. The average molecular weight is 472 g/mol. The number of nitrogens with zero attached hydrogens (tertiary/aromatic N) is 3. The van der Waals surface area contributed by atoms with Gasteiger partial charge in [-0.15, -0.1) is 10.2 Å². The molecular weight excluding hydrogens is 446 g/mol. The lowest BCUT2D eigenvalue weighted by Crippen LogP contribution is -2.28. The van der Waals surface area contributed by atoms with Crippen LogP contribution in [0.2, 0.25) is 5.02 Å². The number of carbonyl (C=O) groups excluding carboxylic acids is 2. The number of aromatic nitrogens is 3. The monoisotopic (exact) mass is 471 g/mol. The molecule has 3 aromatic rings. The van der Waals surface area contributed by atoms with Crippen LogP contribution in [0.5, 0.6) is 0 Å². The molecule has 1 heterocycles. The lowest BCUT2D eigenvalue weighted by atomic mass is 10.0. The number of hydrogen-bond acceptors (Lipinski definition) is 5. The lowest BCUT2D eigenvalue weighted by molar-refractivity contribution is -0.113. The standard InChI is InChI=1S/C23H26ClN5O2S/c1-14(2)16-7-11-19(12-8-16)26-20(30)13-32-23-28-27-21(29(23)4)15(3)25-22(31)17-5-9-18(24)10-6-17/h5-12,14-15H,13H2,1-4H3,(H,25,31)(H,26,30)/t15-/m1/s1. The van der Waals surface area contributed by atoms with E-state index in [0.29, 0.717) is 27.5 Å². The fraction of sp³-hybridized carbons (Fsp3) is 0.304. The van der Waals surface area contributed by atoms with E-state index in [1.165, 1.54) is 17.3 Å². The zero-order valence-electron chi connectivity index (χ0n) is 18.4. The van der Waals surface area contributed by atoms with E-state index in [2.05, 4.69) is 34.7 Å². The molecule has 2 N–H and O–H groups in total. The Labute approximate surface area is 197 Å². The van der Waals surface area contributed by atoms with Gasteiger partial charge in [0.1, 0.15) is 0 Å². The minimum atomic E-state index is -0.363. The first-order valence-corrected chi connectivity index (χ1v) is 11.6. The van der Waals surface area contributed by atoms with E-state index in [9.17, 15) is 9.59 Å². The van der Waals surface area contributed by atoms with Crippen molar-refractivity contribution in [3.8, 4) is 0 Å². The second-order valence-electron chi connectivity index (χ2n) is 7.72. The van der Waals surface area contributed by atoms with E-state index in [1.54, 1.807) is 28.8 Å². The molecule has 2 amide bonds. The van der Waals surface area contributed by atoms with Crippen LogP contribution in [0.25, 0.3) is 0 Å². The van der Waals surface area contributed by atoms with Crippen molar-refractivity contribution in [1.29, 1.82) is 0 Å². The molecule has 1 atom stereocenters. The van der Waals surface area contributed by atoms with Crippen molar-refractivity contribution in [2.45, 2.75) is 37.9 Å². The number of halogens is 1. The fourth-order valence-electron chi connectivity index (χ4n) is 3.05. The zero-order chi connectivity index (χ0) is 23.3. The first-order valence-electron chi connectivity index (χ1n) is 10.2. The van der Waals surface area contributed by atoms with E-state index >= 15 is 0 Å². The summed E-state index contributed by atoms with van der Waals surface area (Å²) in [6.07, 6.45) is 0. The molecule has 3 rings (SSSR count). The summed E-state index contributed by atoms with van der Waals surface area (Å²) in [4.78, 5) is 24.8. The topological polar surface area (TPSA) is 88.9 Å². The van der Waals surface area contributed by atoms with Gasteiger partial charge in [-0.3, -0.25) is 9.59 Å². The first-order chi connectivity index (χ1) is 15.2.